The molecule has 0 atom stereocenters. The molecule has 0 aromatic carbocycles. The molecule has 0 aliphatic heterocycles. The molecule has 0 bridgehead atoms. The summed E-state index contributed by atoms with van der Waals surface area (Å²) in [4.78, 5) is 20.5. The van der Waals surface area contributed by atoms with Crippen LogP contribution in [0.1, 0.15) is 16.3 Å². The van der Waals surface area contributed by atoms with Gasteiger partial charge in [-0.2, -0.15) is 11.3 Å². The van der Waals surface area contributed by atoms with Crippen molar-refractivity contribution in [2.45, 2.75) is 19.5 Å². The zero-order chi connectivity index (χ0) is 17.8. The first-order chi connectivity index (χ1) is 12.8. The van der Waals surface area contributed by atoms with Crippen molar-refractivity contribution in [1.29, 1.82) is 0 Å². The summed E-state index contributed by atoms with van der Waals surface area (Å²) >= 11 is 4.88. The number of thiazole rings is 1. The van der Waals surface area contributed by atoms with Crippen molar-refractivity contribution < 1.29 is 9.21 Å². The standard InChI is InChI=1S/C19H16N2O2S3/c22-18(9-15-13-26-19(20-15)14-5-8-24-12-14)21(10-16-3-1-6-23-16)11-17-4-2-7-25-17/h1-8,12-13H,9-11H2. The highest BCUT2D eigenvalue weighted by Gasteiger charge is 2.18. The molecule has 4 aromatic heterocycles. The minimum absolute atomic E-state index is 0.0527. The monoisotopic (exact) mass is 400 g/mol. The van der Waals surface area contributed by atoms with E-state index in [0.29, 0.717) is 19.5 Å². The van der Waals surface area contributed by atoms with Crippen molar-refractivity contribution in [3.05, 3.63) is 74.4 Å². The number of amides is 1. The van der Waals surface area contributed by atoms with E-state index >= 15 is 0 Å². The highest BCUT2D eigenvalue weighted by Crippen LogP contribution is 2.26. The van der Waals surface area contributed by atoms with Crippen LogP contribution in [0, 0.1) is 0 Å². The maximum Gasteiger partial charge on any atom is 0.229 e. The van der Waals surface area contributed by atoms with E-state index in [4.69, 9.17) is 4.42 Å². The predicted octanol–water partition coefficient (Wildman–Crippen LogP) is 5.30. The van der Waals surface area contributed by atoms with E-state index in [9.17, 15) is 4.79 Å². The van der Waals surface area contributed by atoms with Crippen LogP contribution in [0.25, 0.3) is 10.6 Å². The highest BCUT2D eigenvalue weighted by molar-refractivity contribution is 7.14. The van der Waals surface area contributed by atoms with Gasteiger partial charge in [0.1, 0.15) is 10.8 Å². The number of hydrogen-bond donors (Lipinski definition) is 0. The van der Waals surface area contributed by atoms with E-state index < -0.39 is 0 Å². The van der Waals surface area contributed by atoms with Crippen LogP contribution < -0.4 is 0 Å². The largest absolute Gasteiger partial charge is 0.467 e. The van der Waals surface area contributed by atoms with Gasteiger partial charge < -0.3 is 9.32 Å². The minimum atomic E-state index is 0.0527. The molecule has 132 valence electrons. The zero-order valence-electron chi connectivity index (χ0n) is 13.8. The van der Waals surface area contributed by atoms with Crippen LogP contribution in [-0.4, -0.2) is 15.8 Å². The maximum atomic E-state index is 12.9. The SMILES string of the molecule is O=C(Cc1csc(-c2ccsc2)n1)N(Cc1ccco1)Cc1cccs1. The van der Waals surface area contributed by atoms with Gasteiger partial charge in [0.15, 0.2) is 0 Å². The Kier molecular flexibility index (Phi) is 5.29. The number of carbonyl (C=O) groups excluding carboxylic acids is 1. The van der Waals surface area contributed by atoms with Crippen molar-refractivity contribution in [2.75, 3.05) is 0 Å². The number of furan rings is 1. The Morgan fingerprint density at radius 2 is 2.04 bits per heavy atom. The molecule has 1 amide bonds. The van der Waals surface area contributed by atoms with Crippen LogP contribution in [0.3, 0.4) is 0 Å². The molecule has 4 aromatic rings. The minimum Gasteiger partial charge on any atom is -0.467 e. The molecule has 0 saturated carbocycles. The van der Waals surface area contributed by atoms with Crippen LogP contribution >= 0.6 is 34.0 Å². The fourth-order valence-corrected chi connectivity index (χ4v) is 4.84. The molecule has 26 heavy (non-hydrogen) atoms. The van der Waals surface area contributed by atoms with Crippen LogP contribution in [0.5, 0.6) is 0 Å². The van der Waals surface area contributed by atoms with Crippen molar-refractivity contribution in [3.8, 4) is 10.6 Å². The Balaban J connectivity index is 1.48. The fourth-order valence-electron chi connectivity index (χ4n) is 2.59. The number of hydrogen-bond acceptors (Lipinski definition) is 6. The Bertz CT molecular complexity index is 905. The van der Waals surface area contributed by atoms with Gasteiger partial charge in [0.2, 0.25) is 5.91 Å². The van der Waals surface area contributed by atoms with Gasteiger partial charge in [-0.05, 0) is 35.0 Å². The molecule has 0 spiro atoms. The molecule has 0 fully saturated rings. The topological polar surface area (TPSA) is 46.3 Å². The van der Waals surface area contributed by atoms with Gasteiger partial charge in [-0.3, -0.25) is 4.79 Å². The van der Waals surface area contributed by atoms with Crippen molar-refractivity contribution >= 4 is 39.9 Å². The Morgan fingerprint density at radius 3 is 2.77 bits per heavy atom. The van der Waals surface area contributed by atoms with E-state index in [1.54, 1.807) is 40.3 Å². The van der Waals surface area contributed by atoms with Gasteiger partial charge in [0.05, 0.1) is 31.5 Å². The summed E-state index contributed by atoms with van der Waals surface area (Å²) in [5.41, 5.74) is 1.93. The van der Waals surface area contributed by atoms with E-state index in [2.05, 4.69) is 16.4 Å². The second-order valence-electron chi connectivity index (χ2n) is 5.74. The summed E-state index contributed by atoms with van der Waals surface area (Å²) in [7, 11) is 0. The highest BCUT2D eigenvalue weighted by atomic mass is 32.1. The van der Waals surface area contributed by atoms with Crippen molar-refractivity contribution in [1.82, 2.24) is 9.88 Å². The summed E-state index contributed by atoms with van der Waals surface area (Å²) in [6.45, 7) is 1.05. The van der Waals surface area contributed by atoms with Gasteiger partial charge in [-0.25, -0.2) is 4.98 Å². The third-order valence-electron chi connectivity index (χ3n) is 3.86. The maximum absolute atomic E-state index is 12.9. The molecule has 0 N–H and O–H groups in total. The third kappa shape index (κ3) is 4.12. The number of thiophene rings is 2. The Morgan fingerprint density at radius 1 is 1.08 bits per heavy atom. The van der Waals surface area contributed by atoms with Gasteiger partial charge in [-0.15, -0.1) is 22.7 Å². The number of nitrogens with zero attached hydrogens (tertiary/aromatic N) is 2. The fraction of sp³-hybridized carbons (Fsp3) is 0.158. The molecule has 4 heterocycles. The molecule has 0 unspecified atom stereocenters. The van der Waals surface area contributed by atoms with Gasteiger partial charge >= 0.3 is 0 Å². The first-order valence-electron chi connectivity index (χ1n) is 8.07. The van der Waals surface area contributed by atoms with E-state index in [0.717, 1.165) is 26.9 Å². The summed E-state index contributed by atoms with van der Waals surface area (Å²) in [6.07, 6.45) is 1.93. The molecular weight excluding hydrogens is 384 g/mol. The van der Waals surface area contributed by atoms with Crippen LogP contribution in [-0.2, 0) is 24.3 Å². The molecule has 4 nitrogen and oxygen atoms in total. The van der Waals surface area contributed by atoms with Gasteiger partial charge in [-0.1, -0.05) is 6.07 Å². The molecule has 7 heteroatoms. The van der Waals surface area contributed by atoms with Gasteiger partial charge in [0.25, 0.3) is 0 Å². The number of carbonyl (C=O) groups is 1. The molecule has 4 rings (SSSR count). The van der Waals surface area contributed by atoms with Crippen LogP contribution in [0.4, 0.5) is 0 Å². The van der Waals surface area contributed by atoms with Crippen LogP contribution in [0.2, 0.25) is 0 Å². The van der Waals surface area contributed by atoms with Gasteiger partial charge in [0, 0.05) is 21.2 Å². The average molecular weight is 401 g/mol. The Labute approximate surface area is 163 Å². The lowest BCUT2D eigenvalue weighted by Gasteiger charge is -2.20. The normalized spacial score (nSPS) is 10.9. The molecule has 0 radical (unpaired) electrons. The first kappa shape index (κ1) is 17.2. The van der Waals surface area contributed by atoms with Crippen molar-refractivity contribution in [2.24, 2.45) is 0 Å². The lowest BCUT2D eigenvalue weighted by molar-refractivity contribution is -0.132. The average Bonchev–Trinajstić information content (AvgIpc) is 3.41. The lowest BCUT2D eigenvalue weighted by Crippen LogP contribution is -2.31. The summed E-state index contributed by atoms with van der Waals surface area (Å²) in [6, 6.07) is 9.84. The molecule has 0 aliphatic carbocycles. The van der Waals surface area contributed by atoms with E-state index in [-0.39, 0.29) is 5.91 Å². The lowest BCUT2D eigenvalue weighted by atomic mass is 10.2. The zero-order valence-corrected chi connectivity index (χ0v) is 16.3. The molecular formula is C19H16N2O2S3. The first-order valence-corrected chi connectivity index (χ1v) is 10.8. The quantitative estimate of drug-likeness (QED) is 0.423. The second kappa shape index (κ2) is 7.99. The van der Waals surface area contributed by atoms with Crippen LogP contribution in [0.15, 0.2) is 62.5 Å². The summed E-state index contributed by atoms with van der Waals surface area (Å²) in [5.74, 6) is 0.837. The summed E-state index contributed by atoms with van der Waals surface area (Å²) < 4.78 is 5.43. The molecule has 0 saturated heterocycles. The molecule has 0 aliphatic rings. The second-order valence-corrected chi connectivity index (χ2v) is 8.41. The number of aromatic nitrogens is 1. The van der Waals surface area contributed by atoms with Crippen molar-refractivity contribution in [3.63, 3.8) is 0 Å². The third-order valence-corrected chi connectivity index (χ3v) is 6.34. The van der Waals surface area contributed by atoms with E-state index in [1.807, 2.05) is 45.3 Å². The Hall–Kier alpha value is -2.22. The smallest absolute Gasteiger partial charge is 0.229 e. The summed E-state index contributed by atoms with van der Waals surface area (Å²) in [5, 5.41) is 9.07. The van der Waals surface area contributed by atoms with E-state index in [1.165, 1.54) is 0 Å². The number of rotatable bonds is 7. The predicted molar refractivity (Wildman–Crippen MR) is 106 cm³/mol.